The number of hydrogen-bond acceptors (Lipinski definition) is 3. The lowest BCUT2D eigenvalue weighted by Crippen LogP contribution is -2.43. The van der Waals surface area contributed by atoms with Gasteiger partial charge >= 0.3 is 0 Å². The van der Waals surface area contributed by atoms with Crippen LogP contribution < -0.4 is 15.4 Å². The number of pyridine rings is 1. The summed E-state index contributed by atoms with van der Waals surface area (Å²) in [5.41, 5.74) is 0. The predicted molar refractivity (Wildman–Crippen MR) is 108 cm³/mol. The molecule has 1 heterocycles. The van der Waals surface area contributed by atoms with E-state index in [4.69, 9.17) is 4.74 Å². The summed E-state index contributed by atoms with van der Waals surface area (Å²) in [4.78, 5) is 8.26. The molecule has 0 saturated heterocycles. The molecule has 1 aromatic rings. The molecule has 0 aliphatic rings. The van der Waals surface area contributed by atoms with Gasteiger partial charge < -0.3 is 15.4 Å². The van der Waals surface area contributed by atoms with Crippen LogP contribution in [-0.4, -0.2) is 37.2 Å². The Kier molecular flexibility index (Phi) is 12.8. The highest BCUT2D eigenvalue weighted by atomic mass is 127. The van der Waals surface area contributed by atoms with Crippen LogP contribution in [-0.2, 0) is 0 Å². The molecule has 1 atom stereocenters. The van der Waals surface area contributed by atoms with E-state index in [-0.39, 0.29) is 24.0 Å². The Bertz CT molecular complexity index is 426. The molecule has 0 amide bonds. The first kappa shape index (κ1) is 21.9. The van der Waals surface area contributed by atoms with Crippen molar-refractivity contribution in [1.29, 1.82) is 0 Å². The normalized spacial score (nSPS) is 12.5. The third-order valence-corrected chi connectivity index (χ3v) is 3.32. The van der Waals surface area contributed by atoms with Crippen molar-refractivity contribution in [2.75, 3.05) is 20.2 Å². The maximum absolute atomic E-state index is 5.59. The first-order valence-corrected chi connectivity index (χ1v) is 8.11. The lowest BCUT2D eigenvalue weighted by atomic mass is 10.0. The molecule has 0 saturated carbocycles. The summed E-state index contributed by atoms with van der Waals surface area (Å²) >= 11 is 0. The standard InChI is InChI=1S/C17H30N4O.HI/c1-14(2)7-5-8-15(3)21-17(18-4)20-11-12-22-16-9-6-10-19-13-16;/h6,9-10,13-15H,5,7-8,11-12H2,1-4H3,(H2,18,20,21);1H. The number of halogens is 1. The zero-order chi connectivity index (χ0) is 16.2. The zero-order valence-electron chi connectivity index (χ0n) is 14.7. The smallest absolute Gasteiger partial charge is 0.191 e. The average molecular weight is 434 g/mol. The van der Waals surface area contributed by atoms with Gasteiger partial charge in [0.25, 0.3) is 0 Å². The largest absolute Gasteiger partial charge is 0.490 e. The van der Waals surface area contributed by atoms with Crippen LogP contribution in [0.3, 0.4) is 0 Å². The van der Waals surface area contributed by atoms with Crippen LogP contribution >= 0.6 is 24.0 Å². The van der Waals surface area contributed by atoms with Crippen LogP contribution in [0.4, 0.5) is 0 Å². The maximum Gasteiger partial charge on any atom is 0.191 e. The summed E-state index contributed by atoms with van der Waals surface area (Å²) in [7, 11) is 1.79. The molecular weight excluding hydrogens is 403 g/mol. The van der Waals surface area contributed by atoms with Crippen LogP contribution in [0.15, 0.2) is 29.5 Å². The highest BCUT2D eigenvalue weighted by Crippen LogP contribution is 2.08. The molecule has 2 N–H and O–H groups in total. The molecule has 1 aromatic heterocycles. The molecule has 0 spiro atoms. The SMILES string of the molecule is CN=C(NCCOc1cccnc1)NC(C)CCCC(C)C.I. The van der Waals surface area contributed by atoms with Gasteiger partial charge in [0.2, 0.25) is 0 Å². The Morgan fingerprint density at radius 2 is 2.09 bits per heavy atom. The van der Waals surface area contributed by atoms with Gasteiger partial charge in [-0.1, -0.05) is 26.7 Å². The number of aliphatic imine (C=N–C) groups is 1. The van der Waals surface area contributed by atoms with Gasteiger partial charge in [0.05, 0.1) is 12.7 Å². The topological polar surface area (TPSA) is 58.5 Å². The third-order valence-electron chi connectivity index (χ3n) is 3.32. The first-order valence-electron chi connectivity index (χ1n) is 8.11. The van der Waals surface area contributed by atoms with Crippen molar-refractivity contribution in [1.82, 2.24) is 15.6 Å². The van der Waals surface area contributed by atoms with Gasteiger partial charge in [-0.3, -0.25) is 9.98 Å². The Morgan fingerprint density at radius 1 is 1.30 bits per heavy atom. The second-order valence-electron chi connectivity index (χ2n) is 5.91. The number of aromatic nitrogens is 1. The van der Waals surface area contributed by atoms with Crippen molar-refractivity contribution in [2.45, 2.75) is 46.1 Å². The Balaban J connectivity index is 0.00000484. The van der Waals surface area contributed by atoms with Crippen molar-refractivity contribution >= 4 is 29.9 Å². The molecule has 6 heteroatoms. The quantitative estimate of drug-likeness (QED) is 0.271. The number of guanidine groups is 1. The number of rotatable bonds is 9. The van der Waals surface area contributed by atoms with Gasteiger partial charge in [-0.2, -0.15) is 0 Å². The van der Waals surface area contributed by atoms with Gasteiger partial charge in [-0.05, 0) is 31.4 Å². The zero-order valence-corrected chi connectivity index (χ0v) is 17.0. The van der Waals surface area contributed by atoms with E-state index in [9.17, 15) is 0 Å². The molecule has 1 unspecified atom stereocenters. The fraction of sp³-hybridized carbons (Fsp3) is 0.647. The van der Waals surface area contributed by atoms with Crippen molar-refractivity contribution in [3.05, 3.63) is 24.5 Å². The Labute approximate surface area is 157 Å². The minimum atomic E-state index is 0. The maximum atomic E-state index is 5.59. The Hall–Kier alpha value is -1.05. The number of nitrogens with zero attached hydrogens (tertiary/aromatic N) is 2. The van der Waals surface area contributed by atoms with Crippen LogP contribution in [0, 0.1) is 5.92 Å². The van der Waals surface area contributed by atoms with Crippen molar-refractivity contribution in [3.8, 4) is 5.75 Å². The van der Waals surface area contributed by atoms with Gasteiger partial charge in [0.1, 0.15) is 12.4 Å². The van der Waals surface area contributed by atoms with Crippen LogP contribution in [0.2, 0.25) is 0 Å². The highest BCUT2D eigenvalue weighted by Gasteiger charge is 2.05. The van der Waals surface area contributed by atoms with Gasteiger partial charge in [-0.15, -0.1) is 24.0 Å². The fourth-order valence-corrected chi connectivity index (χ4v) is 2.10. The second-order valence-corrected chi connectivity index (χ2v) is 5.91. The third kappa shape index (κ3) is 11.2. The summed E-state index contributed by atoms with van der Waals surface area (Å²) < 4.78 is 5.59. The van der Waals surface area contributed by atoms with Crippen LogP contribution in [0.5, 0.6) is 5.75 Å². The first-order chi connectivity index (χ1) is 10.6. The van der Waals surface area contributed by atoms with Gasteiger partial charge in [0, 0.05) is 19.3 Å². The lowest BCUT2D eigenvalue weighted by Gasteiger charge is -2.18. The molecule has 0 aliphatic heterocycles. The summed E-state index contributed by atoms with van der Waals surface area (Å²) in [6, 6.07) is 4.18. The van der Waals surface area contributed by atoms with Crippen molar-refractivity contribution in [3.63, 3.8) is 0 Å². The van der Waals surface area contributed by atoms with E-state index in [1.165, 1.54) is 12.8 Å². The molecule has 23 heavy (non-hydrogen) atoms. The second kappa shape index (κ2) is 13.4. The Morgan fingerprint density at radius 3 is 2.70 bits per heavy atom. The van der Waals surface area contributed by atoms with Gasteiger partial charge in [-0.25, -0.2) is 0 Å². The van der Waals surface area contributed by atoms with E-state index in [0.29, 0.717) is 19.2 Å². The number of nitrogens with one attached hydrogen (secondary N) is 2. The highest BCUT2D eigenvalue weighted by molar-refractivity contribution is 14.0. The predicted octanol–water partition coefficient (Wildman–Crippen LogP) is 3.46. The monoisotopic (exact) mass is 434 g/mol. The lowest BCUT2D eigenvalue weighted by molar-refractivity contribution is 0.320. The molecule has 0 aromatic carbocycles. The molecule has 132 valence electrons. The number of hydrogen-bond donors (Lipinski definition) is 2. The molecule has 0 bridgehead atoms. The fourth-order valence-electron chi connectivity index (χ4n) is 2.10. The van der Waals surface area contributed by atoms with Crippen molar-refractivity contribution < 1.29 is 4.74 Å². The summed E-state index contributed by atoms with van der Waals surface area (Å²) in [6.07, 6.45) is 7.12. The molecule has 5 nitrogen and oxygen atoms in total. The van der Waals surface area contributed by atoms with Crippen LogP contribution in [0.25, 0.3) is 0 Å². The minimum absolute atomic E-state index is 0. The van der Waals surface area contributed by atoms with E-state index in [1.807, 2.05) is 12.1 Å². The summed E-state index contributed by atoms with van der Waals surface area (Å²) in [6.45, 7) is 8.00. The van der Waals surface area contributed by atoms with Gasteiger partial charge in [0.15, 0.2) is 5.96 Å². The van der Waals surface area contributed by atoms with Crippen LogP contribution in [0.1, 0.15) is 40.0 Å². The molecule has 0 aliphatic carbocycles. The summed E-state index contributed by atoms with van der Waals surface area (Å²) in [5.74, 6) is 2.38. The average Bonchev–Trinajstić information content (AvgIpc) is 2.51. The van der Waals surface area contributed by atoms with E-state index < -0.39 is 0 Å². The van der Waals surface area contributed by atoms with E-state index >= 15 is 0 Å². The molecule has 1 rings (SSSR count). The minimum Gasteiger partial charge on any atom is -0.490 e. The molecule has 0 radical (unpaired) electrons. The number of ether oxygens (including phenoxy) is 1. The van der Waals surface area contributed by atoms with E-state index in [0.717, 1.165) is 24.0 Å². The van der Waals surface area contributed by atoms with E-state index in [1.54, 1.807) is 19.4 Å². The molecular formula is C17H31IN4O. The summed E-state index contributed by atoms with van der Waals surface area (Å²) in [5, 5.41) is 6.67. The van der Waals surface area contributed by atoms with E-state index in [2.05, 4.69) is 41.4 Å². The van der Waals surface area contributed by atoms with Crippen molar-refractivity contribution in [2.24, 2.45) is 10.9 Å². The molecule has 0 fully saturated rings.